The molecule has 146 valence electrons. The van der Waals surface area contributed by atoms with Crippen molar-refractivity contribution in [2.75, 3.05) is 20.2 Å². The normalized spacial score (nSPS) is 11.2. The summed E-state index contributed by atoms with van der Waals surface area (Å²) in [6.07, 6.45) is 0.614. The minimum atomic E-state index is -3.76. The lowest BCUT2D eigenvalue weighted by Crippen LogP contribution is -2.31. The summed E-state index contributed by atoms with van der Waals surface area (Å²) in [5.41, 5.74) is 2.10. The van der Waals surface area contributed by atoms with Crippen LogP contribution >= 0.6 is 0 Å². The number of hydrogen-bond acceptors (Lipinski definition) is 4. The van der Waals surface area contributed by atoms with E-state index in [0.29, 0.717) is 13.0 Å². The predicted molar refractivity (Wildman–Crippen MR) is 101 cm³/mol. The van der Waals surface area contributed by atoms with E-state index in [-0.39, 0.29) is 23.8 Å². The highest BCUT2D eigenvalue weighted by atomic mass is 32.2. The minimum absolute atomic E-state index is 0.00533. The maximum absolute atomic E-state index is 12.9. The number of nitrogens with one attached hydrogen (secondary N) is 2. The Hall–Kier alpha value is -2.45. The topological polar surface area (TPSA) is 84.5 Å². The molecule has 8 heteroatoms. The Morgan fingerprint density at radius 2 is 1.81 bits per heavy atom. The van der Waals surface area contributed by atoms with E-state index in [4.69, 9.17) is 4.74 Å². The van der Waals surface area contributed by atoms with Gasteiger partial charge in [-0.2, -0.15) is 0 Å². The number of methoxy groups -OCH3 is 1. The molecule has 0 radical (unpaired) electrons. The first kappa shape index (κ1) is 20.9. The van der Waals surface area contributed by atoms with E-state index in [0.717, 1.165) is 29.0 Å². The van der Waals surface area contributed by atoms with E-state index < -0.39 is 15.8 Å². The number of aryl methyl sites for hydroxylation is 1. The zero-order valence-electron chi connectivity index (χ0n) is 15.3. The molecule has 6 nitrogen and oxygen atoms in total. The Morgan fingerprint density at radius 3 is 2.48 bits per heavy atom. The number of sulfonamides is 1. The lowest BCUT2D eigenvalue weighted by Gasteiger charge is -2.11. The van der Waals surface area contributed by atoms with Crippen molar-refractivity contribution < 1.29 is 22.3 Å². The van der Waals surface area contributed by atoms with Crippen molar-refractivity contribution in [2.24, 2.45) is 0 Å². The zero-order chi connectivity index (χ0) is 19.9. The Bertz CT molecular complexity index is 883. The first-order chi connectivity index (χ1) is 12.8. The smallest absolute Gasteiger partial charge is 0.240 e. The number of halogens is 1. The van der Waals surface area contributed by atoms with Gasteiger partial charge in [-0.15, -0.1) is 0 Å². The second-order valence-electron chi connectivity index (χ2n) is 6.02. The highest BCUT2D eigenvalue weighted by molar-refractivity contribution is 7.89. The van der Waals surface area contributed by atoms with Crippen molar-refractivity contribution in [1.29, 1.82) is 0 Å². The maximum Gasteiger partial charge on any atom is 0.240 e. The fourth-order valence-corrected chi connectivity index (χ4v) is 3.56. The van der Waals surface area contributed by atoms with Crippen LogP contribution in [0.5, 0.6) is 5.75 Å². The van der Waals surface area contributed by atoms with E-state index in [1.54, 1.807) is 7.11 Å². The van der Waals surface area contributed by atoms with Gasteiger partial charge in [0.15, 0.2) is 0 Å². The van der Waals surface area contributed by atoms with Crippen LogP contribution < -0.4 is 14.8 Å². The lowest BCUT2D eigenvalue weighted by molar-refractivity contribution is -0.120. The molecule has 2 rings (SSSR count). The highest BCUT2D eigenvalue weighted by Gasteiger charge is 2.14. The zero-order valence-corrected chi connectivity index (χ0v) is 16.1. The van der Waals surface area contributed by atoms with Crippen molar-refractivity contribution in [3.05, 3.63) is 59.4 Å². The third kappa shape index (κ3) is 6.33. The first-order valence-electron chi connectivity index (χ1n) is 8.47. The van der Waals surface area contributed by atoms with Crippen molar-refractivity contribution in [3.8, 4) is 5.75 Å². The number of rotatable bonds is 9. The number of hydrogen-bond donors (Lipinski definition) is 2. The van der Waals surface area contributed by atoms with Gasteiger partial charge in [0.1, 0.15) is 11.6 Å². The molecule has 0 saturated heterocycles. The summed E-state index contributed by atoms with van der Waals surface area (Å²) >= 11 is 0. The molecular weight excluding hydrogens is 371 g/mol. The molecule has 27 heavy (non-hydrogen) atoms. The molecule has 0 aliphatic heterocycles. The molecule has 0 spiro atoms. The molecule has 1 amide bonds. The molecule has 0 saturated carbocycles. The number of carbonyl (C=O) groups is 1. The molecule has 0 fully saturated rings. The molecule has 0 aliphatic carbocycles. The van der Waals surface area contributed by atoms with Crippen LogP contribution in [0, 0.1) is 12.7 Å². The summed E-state index contributed by atoms with van der Waals surface area (Å²) in [7, 11) is -2.17. The van der Waals surface area contributed by atoms with E-state index in [1.807, 2.05) is 25.1 Å². The molecule has 2 N–H and O–H groups in total. The van der Waals surface area contributed by atoms with E-state index in [9.17, 15) is 17.6 Å². The summed E-state index contributed by atoms with van der Waals surface area (Å²) in [5.74, 6) is -0.0103. The number of ether oxygens (including phenoxy) is 1. The second kappa shape index (κ2) is 9.48. The van der Waals surface area contributed by atoms with Crippen LogP contribution in [-0.4, -0.2) is 34.5 Å². The molecule has 0 bridgehead atoms. The Balaban J connectivity index is 1.76. The van der Waals surface area contributed by atoms with Crippen molar-refractivity contribution in [2.45, 2.75) is 24.7 Å². The summed E-state index contributed by atoms with van der Waals surface area (Å²) in [6.45, 7) is 2.36. The molecule has 0 heterocycles. The van der Waals surface area contributed by atoms with E-state index >= 15 is 0 Å². The van der Waals surface area contributed by atoms with Gasteiger partial charge in [0.05, 0.1) is 12.0 Å². The summed E-state index contributed by atoms with van der Waals surface area (Å²) < 4.78 is 44.6. The Kier molecular flexibility index (Phi) is 7.32. The van der Waals surface area contributed by atoms with Crippen molar-refractivity contribution >= 4 is 15.9 Å². The SMILES string of the molecule is COc1ccc(C)cc1CCNC(=O)CCNS(=O)(=O)c1ccc(F)cc1. The Labute approximate surface area is 158 Å². The average molecular weight is 394 g/mol. The third-order valence-corrected chi connectivity index (χ3v) is 5.40. The van der Waals surface area contributed by atoms with Gasteiger partial charge in [-0.3, -0.25) is 4.79 Å². The summed E-state index contributed by atoms with van der Waals surface area (Å²) in [6, 6.07) is 10.3. The number of carbonyl (C=O) groups excluding carboxylic acids is 1. The third-order valence-electron chi connectivity index (χ3n) is 3.92. The fourth-order valence-electron chi connectivity index (χ4n) is 2.52. The van der Waals surface area contributed by atoms with Crippen LogP contribution in [0.25, 0.3) is 0 Å². The Morgan fingerprint density at radius 1 is 1.11 bits per heavy atom. The molecule has 0 unspecified atom stereocenters. The van der Waals surface area contributed by atoms with Crippen molar-refractivity contribution in [3.63, 3.8) is 0 Å². The lowest BCUT2D eigenvalue weighted by atomic mass is 10.1. The van der Waals surface area contributed by atoms with Gasteiger partial charge in [-0.05, 0) is 49.2 Å². The highest BCUT2D eigenvalue weighted by Crippen LogP contribution is 2.19. The van der Waals surface area contributed by atoms with Gasteiger partial charge in [-0.1, -0.05) is 17.7 Å². The van der Waals surface area contributed by atoms with Gasteiger partial charge >= 0.3 is 0 Å². The standard InChI is InChI=1S/C19H23FN2O4S/c1-14-3-8-18(26-2)15(13-14)9-11-21-19(23)10-12-22-27(24,25)17-6-4-16(20)5-7-17/h3-8,13,22H,9-12H2,1-2H3,(H,21,23). The van der Waals surface area contributed by atoms with E-state index in [1.165, 1.54) is 12.1 Å². The maximum atomic E-state index is 12.9. The quantitative estimate of drug-likeness (QED) is 0.683. The molecule has 0 atom stereocenters. The van der Waals surface area contributed by atoms with Gasteiger partial charge < -0.3 is 10.1 Å². The minimum Gasteiger partial charge on any atom is -0.496 e. The van der Waals surface area contributed by atoms with Crippen LogP contribution in [0.4, 0.5) is 4.39 Å². The molecule has 0 aromatic heterocycles. The summed E-state index contributed by atoms with van der Waals surface area (Å²) in [5, 5.41) is 2.76. The van der Waals surface area contributed by atoms with Gasteiger partial charge in [0.2, 0.25) is 15.9 Å². The van der Waals surface area contributed by atoms with Gasteiger partial charge in [0, 0.05) is 19.5 Å². The summed E-state index contributed by atoms with van der Waals surface area (Å²) in [4.78, 5) is 11.8. The second-order valence-corrected chi connectivity index (χ2v) is 7.78. The van der Waals surface area contributed by atoms with Crippen LogP contribution in [0.2, 0.25) is 0 Å². The monoisotopic (exact) mass is 394 g/mol. The van der Waals surface area contributed by atoms with Crippen molar-refractivity contribution in [1.82, 2.24) is 10.0 Å². The van der Waals surface area contributed by atoms with Gasteiger partial charge in [0.25, 0.3) is 0 Å². The molecule has 0 aliphatic rings. The number of amides is 1. The molecule has 2 aromatic carbocycles. The predicted octanol–water partition coefficient (Wildman–Crippen LogP) is 2.17. The first-order valence-corrected chi connectivity index (χ1v) is 9.95. The largest absolute Gasteiger partial charge is 0.496 e. The fraction of sp³-hybridized carbons (Fsp3) is 0.316. The number of benzene rings is 2. The van der Waals surface area contributed by atoms with Crippen LogP contribution in [-0.2, 0) is 21.2 Å². The van der Waals surface area contributed by atoms with E-state index in [2.05, 4.69) is 10.0 Å². The van der Waals surface area contributed by atoms with Crippen LogP contribution in [0.1, 0.15) is 17.5 Å². The van der Waals surface area contributed by atoms with Crippen LogP contribution in [0.3, 0.4) is 0 Å². The molecular formula is C19H23FN2O4S. The average Bonchev–Trinajstić information content (AvgIpc) is 2.62. The van der Waals surface area contributed by atoms with Gasteiger partial charge in [-0.25, -0.2) is 17.5 Å². The van der Waals surface area contributed by atoms with Crippen LogP contribution in [0.15, 0.2) is 47.4 Å². The molecule has 2 aromatic rings.